The predicted molar refractivity (Wildman–Crippen MR) is 222 cm³/mol. The van der Waals surface area contributed by atoms with Gasteiger partial charge in [-0.25, -0.2) is 17.9 Å². The Kier molecular flexibility index (Phi) is 12.6. The Hall–Kier alpha value is -2.99. The molecule has 6 aliphatic rings. The molecular formula is C42H71N5O5S. The number of fused-ring (bicyclic) bond motifs is 4. The third kappa shape index (κ3) is 9.46. The van der Waals surface area contributed by atoms with Gasteiger partial charge in [-0.3, -0.25) is 4.79 Å². The maximum atomic E-state index is 12.6. The molecule has 8 rings (SSSR count). The van der Waals surface area contributed by atoms with Crippen molar-refractivity contribution in [2.45, 2.75) is 129 Å². The fourth-order valence-corrected chi connectivity index (χ4v) is 10.8. The fourth-order valence-electron chi connectivity index (χ4n) is 9.67. The van der Waals surface area contributed by atoms with Crippen LogP contribution in [0.2, 0.25) is 0 Å². The molecule has 0 saturated carbocycles. The topological polar surface area (TPSA) is 120 Å². The van der Waals surface area contributed by atoms with Crippen LogP contribution in [0.25, 0.3) is 0 Å². The van der Waals surface area contributed by atoms with Crippen LogP contribution in [0.1, 0.15) is 116 Å². The number of hydrogen-bond acceptors (Lipinski definition) is 7. The third-order valence-corrected chi connectivity index (χ3v) is 13.5. The van der Waals surface area contributed by atoms with Crippen molar-refractivity contribution < 1.29 is 28.5 Å². The smallest absolute Gasteiger partial charge is 0.332 e. The van der Waals surface area contributed by atoms with E-state index in [0.29, 0.717) is 6.61 Å². The molecule has 2 aromatic rings. The maximum absolute atomic E-state index is 12.6. The number of carbonyl (C=O) groups excluding carboxylic acids is 2. The molecular weight excluding hydrogens is 687 g/mol. The summed E-state index contributed by atoms with van der Waals surface area (Å²) >= 11 is 0. The molecule has 4 aliphatic carbocycles. The van der Waals surface area contributed by atoms with Crippen molar-refractivity contribution in [3.63, 3.8) is 0 Å². The van der Waals surface area contributed by atoms with Crippen LogP contribution in [0.3, 0.4) is 0 Å². The second-order valence-corrected chi connectivity index (χ2v) is 18.7. The second-order valence-electron chi connectivity index (χ2n) is 16.9. The highest BCUT2D eigenvalue weighted by Crippen LogP contribution is 2.41. The van der Waals surface area contributed by atoms with Gasteiger partial charge in [-0.2, -0.15) is 0 Å². The van der Waals surface area contributed by atoms with Gasteiger partial charge in [-0.05, 0) is 162 Å². The lowest BCUT2D eigenvalue weighted by molar-refractivity contribution is -0.114. The number of amides is 3. The number of urea groups is 1. The molecule has 0 aromatic heterocycles. The summed E-state index contributed by atoms with van der Waals surface area (Å²) in [6, 6.07) is 4.77. The van der Waals surface area contributed by atoms with Crippen LogP contribution < -0.4 is 15.4 Å². The van der Waals surface area contributed by atoms with Gasteiger partial charge < -0.3 is 25.2 Å². The lowest BCUT2D eigenvalue weighted by atomic mass is 9.78. The molecule has 2 fully saturated rings. The highest BCUT2D eigenvalue weighted by molar-refractivity contribution is 7.90. The van der Waals surface area contributed by atoms with Crippen LogP contribution >= 0.6 is 0 Å². The van der Waals surface area contributed by atoms with E-state index >= 15 is 0 Å². The molecule has 2 aliphatic heterocycles. The van der Waals surface area contributed by atoms with Gasteiger partial charge in [0.05, 0.1) is 18.5 Å². The van der Waals surface area contributed by atoms with Crippen molar-refractivity contribution in [3.8, 4) is 0 Å². The maximum Gasteiger partial charge on any atom is 0.332 e. The van der Waals surface area contributed by atoms with Crippen LogP contribution in [-0.2, 0) is 70.9 Å². The quantitative estimate of drug-likeness (QED) is 0.261. The lowest BCUT2D eigenvalue weighted by Gasteiger charge is -2.45. The van der Waals surface area contributed by atoms with Crippen molar-refractivity contribution in [2.75, 3.05) is 57.2 Å². The average molecular weight is 758 g/mol. The van der Waals surface area contributed by atoms with Crippen LogP contribution in [0.4, 0.5) is 16.2 Å². The highest BCUT2D eigenvalue weighted by Gasteiger charge is 2.48. The normalized spacial score (nSPS) is 21.0. The van der Waals surface area contributed by atoms with Crippen molar-refractivity contribution in [3.05, 3.63) is 56.6 Å². The molecule has 2 heterocycles. The van der Waals surface area contributed by atoms with E-state index in [9.17, 15) is 18.0 Å². The molecule has 53 heavy (non-hydrogen) atoms. The predicted octanol–water partition coefficient (Wildman–Crippen LogP) is 7.18. The Morgan fingerprint density at radius 1 is 0.868 bits per heavy atom. The molecule has 10 nitrogen and oxygen atoms in total. The molecule has 3 N–H and O–H groups in total. The number of benzene rings is 2. The minimum atomic E-state index is -3.76. The molecule has 1 spiro atoms. The number of likely N-dealkylation sites (tertiary alicyclic amines) is 1. The first kappa shape index (κ1) is 39.7. The van der Waals surface area contributed by atoms with E-state index in [2.05, 4.69) is 72.3 Å². The second kappa shape index (κ2) is 16.8. The minimum absolute atomic E-state index is 0. The Labute approximate surface area is 324 Å². The number of nitrogens with zero attached hydrogens (tertiary/aromatic N) is 2. The number of anilines is 2. The Morgan fingerprint density at radius 3 is 1.74 bits per heavy atom. The zero-order valence-electron chi connectivity index (χ0n) is 33.1. The van der Waals surface area contributed by atoms with E-state index in [4.69, 9.17) is 4.74 Å². The summed E-state index contributed by atoms with van der Waals surface area (Å²) in [6.45, 7) is 8.58. The van der Waals surface area contributed by atoms with Gasteiger partial charge in [0, 0.05) is 48.6 Å². The van der Waals surface area contributed by atoms with Gasteiger partial charge in [-0.1, -0.05) is 25.5 Å². The van der Waals surface area contributed by atoms with Gasteiger partial charge in [0.15, 0.2) is 0 Å². The number of carbonyl (C=O) groups is 2. The van der Waals surface area contributed by atoms with Crippen LogP contribution in [0, 0.1) is 5.41 Å². The lowest BCUT2D eigenvalue weighted by Crippen LogP contribution is -2.54. The highest BCUT2D eigenvalue weighted by atomic mass is 32.2. The van der Waals surface area contributed by atoms with Crippen LogP contribution in [0.5, 0.6) is 0 Å². The molecule has 2 aromatic carbocycles. The summed E-state index contributed by atoms with van der Waals surface area (Å²) in [5, 5.41) is 5.96. The summed E-state index contributed by atoms with van der Waals surface area (Å²) in [7, 11) is 2.54. The summed E-state index contributed by atoms with van der Waals surface area (Å²) in [5.74, 6) is -0.105. The number of rotatable bonds is 8. The molecule has 0 radical (unpaired) electrons. The molecule has 2 atom stereocenters. The molecule has 0 bridgehead atoms. The first-order chi connectivity index (χ1) is 25.3. The molecule has 2 saturated heterocycles. The van der Waals surface area contributed by atoms with Gasteiger partial charge >= 0.3 is 6.03 Å². The largest absolute Gasteiger partial charge is 0.376 e. The molecule has 3 amide bonds. The van der Waals surface area contributed by atoms with E-state index in [0.717, 1.165) is 88.3 Å². The molecule has 11 heteroatoms. The van der Waals surface area contributed by atoms with Gasteiger partial charge in [0.1, 0.15) is 0 Å². The number of ether oxygens (including phenoxy) is 1. The fraction of sp³-hybridized carbons (Fsp3) is 0.667. The standard InChI is InChI=1S/C21H29N3O4S.C14H17NO.C7H17N.4H2/c1-24-11-21(12-24)9-16(28-13-21)10-29(26,27)23-20(25)22-19-17-6-2-4-14(17)8-15-5-3-7-18(15)19;1-9(16)15-14-12-6-2-4-10(12)8-11-5-3-7-13(11)14;1-5-6-7(2)8(3)4;;;;/h8,16H,2-7,9-13H2,1H3,(H2,22,23,25);8H,2-7H2,1H3,(H,15,16);7H,5-6H2,1-4H3;4*1H. The Balaban J connectivity index is 0.000000340. The Bertz CT molecular complexity index is 1740. The average Bonchev–Trinajstić information content (AvgIpc) is 3.91. The van der Waals surface area contributed by atoms with E-state index in [-0.39, 0.29) is 28.9 Å². The Morgan fingerprint density at radius 2 is 1.34 bits per heavy atom. The van der Waals surface area contributed by atoms with Crippen molar-refractivity contribution >= 4 is 33.3 Å². The van der Waals surface area contributed by atoms with Gasteiger partial charge in [-0.15, -0.1) is 0 Å². The first-order valence-electron chi connectivity index (χ1n) is 20.1. The first-order valence-corrected chi connectivity index (χ1v) is 21.8. The van der Waals surface area contributed by atoms with E-state index < -0.39 is 16.1 Å². The SMILES string of the molecule is CC(=O)Nc1c2c(cc3c1CCC3)CCC2.CCCC(C)N(C)C.CN1CC2(COC(CS(=O)(=O)NC(=O)Nc3c4c(cc5c3CCC5)CCC4)C2)C1.[HH].[HH].[HH].[HH]. The van der Waals surface area contributed by atoms with Crippen LogP contribution in [-0.4, -0.2) is 88.9 Å². The summed E-state index contributed by atoms with van der Waals surface area (Å²) in [6.07, 6.45) is 16.3. The summed E-state index contributed by atoms with van der Waals surface area (Å²) < 4.78 is 33.1. The van der Waals surface area contributed by atoms with E-state index in [1.165, 1.54) is 83.0 Å². The number of nitrogens with one attached hydrogen (secondary N) is 3. The molecule has 300 valence electrons. The van der Waals surface area contributed by atoms with E-state index in [1.807, 2.05) is 0 Å². The number of aryl methyl sites for hydroxylation is 4. The number of sulfonamides is 1. The van der Waals surface area contributed by atoms with E-state index in [1.54, 1.807) is 6.92 Å². The zero-order chi connectivity index (χ0) is 37.9. The third-order valence-electron chi connectivity index (χ3n) is 12.2. The molecule has 2 unspecified atom stereocenters. The van der Waals surface area contributed by atoms with Gasteiger partial charge in [0.2, 0.25) is 15.9 Å². The van der Waals surface area contributed by atoms with Crippen molar-refractivity contribution in [2.24, 2.45) is 5.41 Å². The van der Waals surface area contributed by atoms with Gasteiger partial charge in [0.25, 0.3) is 0 Å². The van der Waals surface area contributed by atoms with Crippen LogP contribution in [0.15, 0.2) is 12.1 Å². The monoisotopic (exact) mass is 758 g/mol. The summed E-state index contributed by atoms with van der Waals surface area (Å²) in [4.78, 5) is 28.4. The minimum Gasteiger partial charge on any atom is -0.376 e. The zero-order valence-corrected chi connectivity index (χ0v) is 33.9. The summed E-state index contributed by atoms with van der Waals surface area (Å²) in [5.41, 5.74) is 12.9. The number of hydrogen-bond donors (Lipinski definition) is 3. The van der Waals surface area contributed by atoms with Crippen molar-refractivity contribution in [1.82, 2.24) is 14.5 Å². The van der Waals surface area contributed by atoms with Crippen molar-refractivity contribution in [1.29, 1.82) is 0 Å².